The van der Waals surface area contributed by atoms with Crippen molar-refractivity contribution in [3.63, 3.8) is 0 Å². The topological polar surface area (TPSA) is 77.4 Å². The van der Waals surface area contributed by atoms with Crippen molar-refractivity contribution in [1.29, 1.82) is 0 Å². The van der Waals surface area contributed by atoms with Crippen molar-refractivity contribution in [2.75, 3.05) is 25.3 Å². The number of anilines is 1. The number of methoxy groups -OCH3 is 1. The number of rotatable bonds is 5. The molecule has 0 bridgehead atoms. The average Bonchev–Trinajstić information content (AvgIpc) is 2.74. The van der Waals surface area contributed by atoms with Crippen LogP contribution >= 0.6 is 0 Å². The highest BCUT2D eigenvalue weighted by molar-refractivity contribution is 5.18. The summed E-state index contributed by atoms with van der Waals surface area (Å²) in [5.41, 5.74) is 0. The molecule has 1 rings (SSSR count). The van der Waals surface area contributed by atoms with E-state index >= 15 is 0 Å². The lowest BCUT2D eigenvalue weighted by molar-refractivity contribution is 0.195. The Balaban J connectivity index is 0.000000791. The molecule has 0 saturated heterocycles. The predicted octanol–water partition coefficient (Wildman–Crippen LogP) is 0.812. The van der Waals surface area contributed by atoms with Crippen molar-refractivity contribution in [3.8, 4) is 0 Å². The lowest BCUT2D eigenvalue weighted by Crippen LogP contribution is -2.32. The van der Waals surface area contributed by atoms with E-state index in [2.05, 4.69) is 10.1 Å². The molecule has 82 valence electrons. The van der Waals surface area contributed by atoms with Crippen LogP contribution in [0, 0.1) is 0 Å². The molecule has 2 N–H and O–H groups in total. The van der Waals surface area contributed by atoms with Crippen molar-refractivity contribution in [3.05, 3.63) is 6.33 Å². The third-order valence-corrected chi connectivity index (χ3v) is 1.34. The molecule has 0 aliphatic carbocycles. The first-order valence-electron chi connectivity index (χ1n) is 4.62. The number of aromatic nitrogens is 2. The van der Waals surface area contributed by atoms with Gasteiger partial charge < -0.3 is 9.26 Å². The molecule has 6 nitrogen and oxygen atoms in total. The van der Waals surface area contributed by atoms with Gasteiger partial charge in [0, 0.05) is 20.3 Å². The highest BCUT2D eigenvalue weighted by atomic mass is 16.5. The summed E-state index contributed by atoms with van der Waals surface area (Å²) in [6.07, 6.45) is 2.14. The maximum atomic E-state index is 5.56. The molecule has 1 heterocycles. The molecule has 1 aromatic rings. The number of nitrogens with zero attached hydrogens (tertiary/aromatic N) is 3. The highest BCUT2D eigenvalue weighted by Gasteiger charge is 2.05. The summed E-state index contributed by atoms with van der Waals surface area (Å²) in [6, 6.07) is 0.325. The average molecular weight is 202 g/mol. The van der Waals surface area contributed by atoms with Crippen LogP contribution in [0.5, 0.6) is 0 Å². The largest absolute Gasteiger partial charge is 0.385 e. The molecule has 0 saturated carbocycles. The van der Waals surface area contributed by atoms with E-state index < -0.39 is 0 Å². The first-order chi connectivity index (χ1) is 6.84. The van der Waals surface area contributed by atoms with Crippen LogP contribution in [0.2, 0.25) is 0 Å². The first kappa shape index (κ1) is 12.9. The summed E-state index contributed by atoms with van der Waals surface area (Å²) in [6.45, 7) is 5.30. The minimum atomic E-state index is 0.325. The summed E-state index contributed by atoms with van der Waals surface area (Å²) in [7, 11) is 1.65. The van der Waals surface area contributed by atoms with Gasteiger partial charge in [0.05, 0.1) is 0 Å². The number of nitrogens with two attached hydrogens (primary N) is 1. The Kier molecular flexibility index (Phi) is 7.77. The van der Waals surface area contributed by atoms with E-state index in [1.165, 1.54) is 11.3 Å². The van der Waals surface area contributed by atoms with Crippen LogP contribution in [0.3, 0.4) is 0 Å². The van der Waals surface area contributed by atoms with Crippen LogP contribution in [0.1, 0.15) is 20.3 Å². The van der Waals surface area contributed by atoms with E-state index in [0.29, 0.717) is 19.2 Å². The first-order valence-corrected chi connectivity index (χ1v) is 4.62. The molecule has 14 heavy (non-hydrogen) atoms. The molecular formula is C8H18N4O2. The highest BCUT2D eigenvalue weighted by Crippen LogP contribution is 2.02. The second-order valence-electron chi connectivity index (χ2n) is 2.26. The lowest BCUT2D eigenvalue weighted by atomic mass is 10.4. The zero-order valence-electron chi connectivity index (χ0n) is 8.93. The number of hydrogen-bond donors (Lipinski definition) is 1. The summed E-state index contributed by atoms with van der Waals surface area (Å²) in [5, 5.41) is 4.83. The summed E-state index contributed by atoms with van der Waals surface area (Å²) < 4.78 is 9.59. The van der Waals surface area contributed by atoms with E-state index in [-0.39, 0.29) is 0 Å². The normalized spacial score (nSPS) is 9.14. The van der Waals surface area contributed by atoms with Crippen molar-refractivity contribution in [1.82, 2.24) is 10.1 Å². The number of ether oxygens (including phenoxy) is 1. The van der Waals surface area contributed by atoms with Gasteiger partial charge in [0.25, 0.3) is 0 Å². The van der Waals surface area contributed by atoms with Crippen molar-refractivity contribution in [2.24, 2.45) is 5.84 Å². The summed E-state index contributed by atoms with van der Waals surface area (Å²) >= 11 is 0. The second-order valence-corrected chi connectivity index (χ2v) is 2.26. The molecule has 0 unspecified atom stereocenters. The Morgan fingerprint density at radius 3 is 2.79 bits per heavy atom. The fraction of sp³-hybridized carbons (Fsp3) is 0.750. The molecule has 0 radical (unpaired) electrons. The Bertz CT molecular complexity index is 203. The van der Waals surface area contributed by atoms with E-state index in [4.69, 9.17) is 15.1 Å². The zero-order chi connectivity index (χ0) is 10.8. The smallest absolute Gasteiger partial charge is 0.337 e. The molecule has 0 aromatic carbocycles. The van der Waals surface area contributed by atoms with Crippen molar-refractivity contribution < 1.29 is 9.26 Å². The van der Waals surface area contributed by atoms with E-state index in [0.717, 1.165) is 6.42 Å². The Morgan fingerprint density at radius 1 is 1.57 bits per heavy atom. The van der Waals surface area contributed by atoms with Gasteiger partial charge in [-0.1, -0.05) is 19.0 Å². The molecule has 0 atom stereocenters. The van der Waals surface area contributed by atoms with E-state index in [1.807, 2.05) is 13.8 Å². The number of hydrazine groups is 1. The Labute approximate surface area is 84.0 Å². The molecule has 0 aliphatic heterocycles. The van der Waals surface area contributed by atoms with Gasteiger partial charge in [0.1, 0.15) is 0 Å². The van der Waals surface area contributed by atoms with Crippen LogP contribution in [-0.4, -0.2) is 30.4 Å². The quantitative estimate of drug-likeness (QED) is 0.432. The fourth-order valence-electron chi connectivity index (χ4n) is 0.769. The molecule has 6 heteroatoms. The summed E-state index contributed by atoms with van der Waals surface area (Å²) in [4.78, 5) is 3.78. The molecule has 1 aromatic heterocycles. The monoisotopic (exact) mass is 202 g/mol. The van der Waals surface area contributed by atoms with Crippen LogP contribution in [0.15, 0.2) is 10.9 Å². The minimum absolute atomic E-state index is 0.325. The standard InChI is InChI=1S/C6H12N4O2.C2H6/c1-11-4-2-3-10(7)6-8-5-9-12-6;1-2/h5H,2-4,7H2,1H3;1-2H3. The van der Waals surface area contributed by atoms with Crippen molar-refractivity contribution >= 4 is 6.01 Å². The Morgan fingerprint density at radius 2 is 2.29 bits per heavy atom. The van der Waals surface area contributed by atoms with E-state index in [9.17, 15) is 0 Å². The second kappa shape index (κ2) is 8.46. The predicted molar refractivity (Wildman–Crippen MR) is 53.7 cm³/mol. The van der Waals surface area contributed by atoms with Crippen LogP contribution in [0.4, 0.5) is 6.01 Å². The van der Waals surface area contributed by atoms with Gasteiger partial charge in [-0.3, -0.25) is 5.01 Å². The maximum Gasteiger partial charge on any atom is 0.337 e. The van der Waals surface area contributed by atoms with Gasteiger partial charge in [-0.2, -0.15) is 4.98 Å². The molecule has 0 spiro atoms. The van der Waals surface area contributed by atoms with Crippen LogP contribution in [0.25, 0.3) is 0 Å². The molecule has 0 amide bonds. The van der Waals surface area contributed by atoms with Gasteiger partial charge in [0.15, 0.2) is 6.33 Å². The van der Waals surface area contributed by atoms with E-state index in [1.54, 1.807) is 7.11 Å². The van der Waals surface area contributed by atoms with Gasteiger partial charge in [-0.15, -0.1) is 0 Å². The summed E-state index contributed by atoms with van der Waals surface area (Å²) in [5.74, 6) is 5.56. The lowest BCUT2D eigenvalue weighted by Gasteiger charge is -2.11. The van der Waals surface area contributed by atoms with Gasteiger partial charge in [0.2, 0.25) is 0 Å². The molecular weight excluding hydrogens is 184 g/mol. The maximum absolute atomic E-state index is 5.56. The molecule has 0 fully saturated rings. The van der Waals surface area contributed by atoms with Crippen LogP contribution in [-0.2, 0) is 4.74 Å². The van der Waals surface area contributed by atoms with Crippen molar-refractivity contribution in [2.45, 2.75) is 20.3 Å². The molecule has 0 aliphatic rings. The van der Waals surface area contributed by atoms with Gasteiger partial charge >= 0.3 is 6.01 Å². The Hall–Kier alpha value is -1.14. The van der Waals surface area contributed by atoms with Gasteiger partial charge in [-0.05, 0) is 6.42 Å². The third kappa shape index (κ3) is 4.78. The SMILES string of the molecule is CC.COCCCN(N)c1ncno1. The fourth-order valence-corrected chi connectivity index (χ4v) is 0.769. The van der Waals surface area contributed by atoms with Crippen LogP contribution < -0.4 is 10.9 Å². The number of hydrogen-bond acceptors (Lipinski definition) is 6. The zero-order valence-corrected chi connectivity index (χ0v) is 8.93. The van der Waals surface area contributed by atoms with Gasteiger partial charge in [-0.25, -0.2) is 5.84 Å². The minimum Gasteiger partial charge on any atom is -0.385 e. The third-order valence-electron chi connectivity index (χ3n) is 1.34.